The van der Waals surface area contributed by atoms with Gasteiger partial charge in [0.1, 0.15) is 0 Å². The average Bonchev–Trinajstić information content (AvgIpc) is 2.29. The number of benzene rings is 2. The first-order valence-electron chi connectivity index (χ1n) is 4.70. The van der Waals surface area contributed by atoms with E-state index in [0.29, 0.717) is 0 Å². The zero-order chi connectivity index (χ0) is 10.7. The maximum absolute atomic E-state index is 5.97. The van der Waals surface area contributed by atoms with E-state index in [-0.39, 0.29) is 18.2 Å². The molecule has 0 aromatic heterocycles. The fourth-order valence-electron chi connectivity index (χ4n) is 1.50. The van der Waals surface area contributed by atoms with E-state index in [9.17, 15) is 0 Å². The Kier molecular flexibility index (Phi) is 4.09. The Morgan fingerprint density at radius 3 is 2.27 bits per heavy atom. The molecule has 0 aliphatic heterocycles. The highest BCUT2D eigenvalue weighted by molar-refractivity contribution is 9.23. The zero-order valence-corrected chi connectivity index (χ0v) is 11.8. The van der Waals surface area contributed by atoms with Crippen LogP contribution in [0.2, 0.25) is 5.02 Å². The van der Waals surface area contributed by atoms with Crippen LogP contribution in [-0.2, 0) is 0 Å². The lowest BCUT2D eigenvalue weighted by atomic mass is 10.1. The van der Waals surface area contributed by atoms with Crippen LogP contribution < -0.4 is 3.69 Å². The van der Waals surface area contributed by atoms with Crippen molar-refractivity contribution in [3.63, 3.8) is 0 Å². The number of rotatable bonds is 2. The van der Waals surface area contributed by atoms with E-state index in [1.807, 2.05) is 18.2 Å². The van der Waals surface area contributed by atoms with Gasteiger partial charge in [-0.15, -0.1) is 0 Å². The molecule has 2 aromatic rings. The maximum Gasteiger partial charge on any atom is 0.506 e. The molecule has 0 N–H and O–H groups in total. The summed E-state index contributed by atoms with van der Waals surface area (Å²) in [7, 11) is 0. The van der Waals surface area contributed by atoms with Gasteiger partial charge >= 0.3 is 18.2 Å². The smallest absolute Gasteiger partial charge is 0.296 e. The molecule has 0 nitrogen and oxygen atoms in total. The highest BCUT2D eigenvalue weighted by atomic mass is 79.9. The van der Waals surface area contributed by atoms with Crippen LogP contribution >= 0.6 is 24.5 Å². The Morgan fingerprint density at radius 2 is 1.60 bits per heavy atom. The molecule has 0 radical (unpaired) electrons. The summed E-state index contributed by atoms with van der Waals surface area (Å²) in [6, 6.07) is 16.6. The van der Waals surface area contributed by atoms with E-state index in [1.54, 1.807) is 0 Å². The first-order valence-corrected chi connectivity index (χ1v) is 9.69. The molecule has 0 atom stereocenters. The molecule has 0 amide bonds. The minimum atomic E-state index is -0.265. The Bertz CT molecular complexity index is 471. The van der Waals surface area contributed by atoms with Gasteiger partial charge in [0.05, 0.1) is 0 Å². The van der Waals surface area contributed by atoms with Crippen LogP contribution in [0, 0.1) is 0 Å². The summed E-state index contributed by atoms with van der Waals surface area (Å²) in [6.45, 7) is 0. The second-order valence-corrected chi connectivity index (χ2v) is 6.55. The molecule has 0 saturated heterocycles. The van der Waals surface area contributed by atoms with E-state index in [1.165, 1.54) is 14.8 Å². The van der Waals surface area contributed by atoms with E-state index in [2.05, 4.69) is 43.2 Å². The van der Waals surface area contributed by atoms with Gasteiger partial charge in [0.2, 0.25) is 0 Å². The third-order valence-electron chi connectivity index (χ3n) is 2.24. The van der Waals surface area contributed by atoms with Crippen LogP contribution in [0.25, 0.3) is 11.1 Å². The Balaban J connectivity index is 2.44. The van der Waals surface area contributed by atoms with E-state index in [4.69, 9.17) is 11.6 Å². The van der Waals surface area contributed by atoms with Crippen molar-refractivity contribution in [2.45, 2.75) is 0 Å². The monoisotopic (exact) mass is 290 g/mol. The maximum atomic E-state index is 5.97. The Labute approximate surface area is 110 Å². The summed E-state index contributed by atoms with van der Waals surface area (Å²) in [5.41, 5.74) is 2.42. The molecule has 2 rings (SSSR count). The van der Waals surface area contributed by atoms with E-state index in [0.717, 1.165) is 5.02 Å². The lowest BCUT2D eigenvalue weighted by Gasteiger charge is -2.04. The molecule has 0 heterocycles. The zero-order valence-electron chi connectivity index (χ0n) is 8.08. The van der Waals surface area contributed by atoms with Crippen molar-refractivity contribution in [1.82, 2.24) is 0 Å². The third-order valence-corrected chi connectivity index (χ3v) is 5.17. The molecule has 72 valence electrons. The predicted molar refractivity (Wildman–Crippen MR) is 71.2 cm³/mol. The lowest BCUT2D eigenvalue weighted by Crippen LogP contribution is -2.06. The van der Waals surface area contributed by atoms with Crippen LogP contribution in [0.5, 0.6) is 0 Å². The average molecular weight is 292 g/mol. The number of halogens is 2. The van der Waals surface area contributed by atoms with Gasteiger partial charge in [0, 0.05) is 5.02 Å². The van der Waals surface area contributed by atoms with Gasteiger partial charge in [0.15, 0.2) is 0 Å². The lowest BCUT2D eigenvalue weighted by molar-refractivity contribution is 1.64. The molecule has 15 heavy (non-hydrogen) atoms. The first-order chi connectivity index (χ1) is 7.29. The molecule has 0 aliphatic carbocycles. The molecule has 0 fully saturated rings. The summed E-state index contributed by atoms with van der Waals surface area (Å²) in [5, 5.41) is 0.786. The number of hydrogen-bond donors (Lipinski definition) is 0. The van der Waals surface area contributed by atoms with Gasteiger partial charge in [-0.2, -0.15) is 3.69 Å². The summed E-state index contributed by atoms with van der Waals surface area (Å²) in [6.07, 6.45) is 0. The third kappa shape index (κ3) is 2.97. The van der Waals surface area contributed by atoms with Crippen molar-refractivity contribution >= 4 is 46.4 Å². The minimum absolute atomic E-state index is 0.265. The molecule has 0 saturated carbocycles. The van der Waals surface area contributed by atoms with Gasteiger partial charge in [-0.1, -0.05) is 48.0 Å². The summed E-state index contributed by atoms with van der Waals surface area (Å²) in [4.78, 5) is 0. The molecule has 0 bridgehead atoms. The van der Waals surface area contributed by atoms with Crippen LogP contribution in [0.15, 0.2) is 48.5 Å². The second-order valence-electron chi connectivity index (χ2n) is 3.34. The molecule has 0 unspecified atom stereocenters. The molecular formula is C12H8BrClMg. The predicted octanol–water partition coefficient (Wildman–Crippen LogP) is 3.65. The topological polar surface area (TPSA) is 0 Å². The second kappa shape index (κ2) is 5.35. The van der Waals surface area contributed by atoms with Crippen molar-refractivity contribution in [3.8, 4) is 11.1 Å². The fourth-order valence-corrected chi connectivity index (χ4v) is 3.26. The van der Waals surface area contributed by atoms with Crippen LogP contribution in [0.3, 0.4) is 0 Å². The summed E-state index contributed by atoms with van der Waals surface area (Å²) < 4.78 is 1.41. The first kappa shape index (κ1) is 11.5. The van der Waals surface area contributed by atoms with Crippen molar-refractivity contribution in [2.75, 3.05) is 0 Å². The van der Waals surface area contributed by atoms with Crippen molar-refractivity contribution in [3.05, 3.63) is 53.6 Å². The summed E-state index contributed by atoms with van der Waals surface area (Å²) >= 11 is 9.29. The highest BCUT2D eigenvalue weighted by Gasteiger charge is 2.00. The van der Waals surface area contributed by atoms with E-state index >= 15 is 0 Å². The van der Waals surface area contributed by atoms with Gasteiger partial charge in [-0.3, -0.25) is 12.9 Å². The molecule has 2 aromatic carbocycles. The van der Waals surface area contributed by atoms with Gasteiger partial charge in [0.25, 0.3) is 0 Å². The van der Waals surface area contributed by atoms with Crippen molar-refractivity contribution in [1.29, 1.82) is 0 Å². The summed E-state index contributed by atoms with van der Waals surface area (Å²) in [5.74, 6) is 0. The largest absolute Gasteiger partial charge is 0.506 e. The molecular weight excluding hydrogens is 284 g/mol. The quantitative estimate of drug-likeness (QED) is 0.741. The van der Waals surface area contributed by atoms with Crippen LogP contribution in [0.4, 0.5) is 0 Å². The van der Waals surface area contributed by atoms with Crippen LogP contribution in [0.1, 0.15) is 0 Å². The minimum Gasteiger partial charge on any atom is -0.296 e. The van der Waals surface area contributed by atoms with Crippen molar-refractivity contribution < 1.29 is 0 Å². The van der Waals surface area contributed by atoms with Gasteiger partial charge < -0.3 is 0 Å². The number of hydrogen-bond acceptors (Lipinski definition) is 0. The standard InChI is InChI=1S/C12H8Cl.BrH.Mg/c13-12-8-4-7-11(9-12)10-5-2-1-3-6-10;;/h1-2,4-9H;1H;/q;;+1/p-1. The normalized spacial score (nSPS) is 9.73. The molecule has 0 aliphatic rings. The van der Waals surface area contributed by atoms with Crippen LogP contribution in [-0.4, -0.2) is 18.2 Å². The fraction of sp³-hybridized carbons (Fsp3) is 0. The highest BCUT2D eigenvalue weighted by Crippen LogP contribution is 2.21. The van der Waals surface area contributed by atoms with Gasteiger partial charge in [-0.25, -0.2) is 0 Å². The van der Waals surface area contributed by atoms with Crippen molar-refractivity contribution in [2.24, 2.45) is 0 Å². The Hall–Kier alpha value is -0.0238. The molecule has 0 spiro atoms. The molecule has 3 heteroatoms. The Morgan fingerprint density at radius 1 is 0.933 bits per heavy atom. The van der Waals surface area contributed by atoms with E-state index < -0.39 is 0 Å². The SMILES string of the molecule is Clc1cccc(-c2ccc[c]([Mg][Br])c2)c1. The van der Waals surface area contributed by atoms with Gasteiger partial charge in [-0.05, 0) is 23.3 Å².